The van der Waals surface area contributed by atoms with Crippen LogP contribution in [0, 0.1) is 5.92 Å². The summed E-state index contributed by atoms with van der Waals surface area (Å²) in [6.45, 7) is 14.0. The number of hydrogen-bond acceptors (Lipinski definition) is 7. The zero-order chi connectivity index (χ0) is 28.0. The van der Waals surface area contributed by atoms with Crippen molar-refractivity contribution in [2.45, 2.75) is 84.3 Å². The minimum atomic E-state index is -1.63. The van der Waals surface area contributed by atoms with Gasteiger partial charge in [0.1, 0.15) is 17.1 Å². The molecule has 1 aliphatic rings. The number of carbonyl (C=O) groups excluding carboxylic acids is 1. The number of esters is 1. The van der Waals surface area contributed by atoms with Gasteiger partial charge in [-0.15, -0.1) is 0 Å². The highest BCUT2D eigenvalue weighted by Gasteiger charge is 2.42. The van der Waals surface area contributed by atoms with Crippen molar-refractivity contribution in [3.05, 3.63) is 40.4 Å². The third kappa shape index (κ3) is 9.14. The molecule has 1 N–H and O–H groups in total. The standard InChI is InChI=1S/C28H43ClO7Si/c1-18(12-10-13-19(2)30)26-21(35-28(3,4)36-26)15-11-14-20-24(27(31)34-17-37(7,8)9)22(32-5)16-23(33-6)25(20)29/h10-12,14,16,18-19,21,26,30H,13,15,17H2,1-9H3/b12-10-,14-11+/t18?,19-,21+,26-/m1/s1. The molecule has 1 unspecified atom stereocenters. The third-order valence-corrected chi connectivity index (χ3v) is 7.22. The molecule has 0 radical (unpaired) electrons. The molecule has 1 saturated heterocycles. The fourth-order valence-electron chi connectivity index (χ4n) is 4.07. The van der Waals surface area contributed by atoms with Gasteiger partial charge in [0.15, 0.2) is 5.79 Å². The Kier molecular flexibility index (Phi) is 11.3. The van der Waals surface area contributed by atoms with Crippen LogP contribution in [0.3, 0.4) is 0 Å². The first-order chi connectivity index (χ1) is 17.2. The molecule has 1 aromatic rings. The summed E-state index contributed by atoms with van der Waals surface area (Å²) in [5.74, 6) is -0.404. The Labute approximate surface area is 227 Å². The Hall–Kier alpha value is -1.84. The quantitative estimate of drug-likeness (QED) is 0.185. The van der Waals surface area contributed by atoms with E-state index in [0.29, 0.717) is 41.2 Å². The van der Waals surface area contributed by atoms with Crippen molar-refractivity contribution in [2.24, 2.45) is 5.92 Å². The minimum Gasteiger partial charge on any atom is -0.496 e. The van der Waals surface area contributed by atoms with Gasteiger partial charge in [-0.2, -0.15) is 0 Å². The summed E-state index contributed by atoms with van der Waals surface area (Å²) in [4.78, 5) is 13.2. The minimum absolute atomic E-state index is 0.0755. The molecule has 0 aliphatic carbocycles. The molecular weight excluding hydrogens is 512 g/mol. The molecule has 9 heteroatoms. The molecule has 0 amide bonds. The Balaban J connectivity index is 2.35. The maximum absolute atomic E-state index is 13.2. The number of rotatable bonds is 12. The fourth-order valence-corrected chi connectivity index (χ4v) is 4.92. The maximum Gasteiger partial charge on any atom is 0.342 e. The van der Waals surface area contributed by atoms with Crippen molar-refractivity contribution in [3.8, 4) is 11.5 Å². The molecule has 7 nitrogen and oxygen atoms in total. The topological polar surface area (TPSA) is 83.5 Å². The highest BCUT2D eigenvalue weighted by molar-refractivity contribution is 6.76. The van der Waals surface area contributed by atoms with Crippen molar-refractivity contribution < 1.29 is 33.6 Å². The number of halogens is 1. The molecule has 2 rings (SSSR count). The van der Waals surface area contributed by atoms with Crippen LogP contribution in [0.4, 0.5) is 0 Å². The van der Waals surface area contributed by atoms with E-state index in [1.165, 1.54) is 14.2 Å². The number of ether oxygens (including phenoxy) is 5. The van der Waals surface area contributed by atoms with Crippen LogP contribution >= 0.6 is 11.6 Å². The van der Waals surface area contributed by atoms with E-state index in [2.05, 4.69) is 32.6 Å². The molecule has 208 valence electrons. The van der Waals surface area contributed by atoms with Gasteiger partial charge in [0.05, 0.1) is 51.9 Å². The van der Waals surface area contributed by atoms with E-state index in [9.17, 15) is 9.90 Å². The third-order valence-electron chi connectivity index (χ3n) is 5.82. The fraction of sp³-hybridized carbons (Fsp3) is 0.607. The summed E-state index contributed by atoms with van der Waals surface area (Å²) in [6.07, 6.45) is 8.44. The number of aliphatic hydroxyl groups excluding tert-OH is 1. The van der Waals surface area contributed by atoms with Gasteiger partial charge in [0.25, 0.3) is 0 Å². The van der Waals surface area contributed by atoms with E-state index in [1.54, 1.807) is 19.1 Å². The molecule has 0 aromatic heterocycles. The van der Waals surface area contributed by atoms with Crippen LogP contribution in [-0.2, 0) is 14.2 Å². The van der Waals surface area contributed by atoms with Crippen LogP contribution in [0.25, 0.3) is 6.08 Å². The van der Waals surface area contributed by atoms with Gasteiger partial charge in [-0.05, 0) is 33.6 Å². The summed E-state index contributed by atoms with van der Waals surface area (Å²) >= 11 is 6.66. The maximum atomic E-state index is 13.2. The smallest absolute Gasteiger partial charge is 0.342 e. The normalized spacial score (nSPS) is 21.4. The summed E-state index contributed by atoms with van der Waals surface area (Å²) in [7, 11) is 1.38. The van der Waals surface area contributed by atoms with Crippen LogP contribution < -0.4 is 9.47 Å². The van der Waals surface area contributed by atoms with E-state index in [-0.39, 0.29) is 23.7 Å². The van der Waals surface area contributed by atoms with E-state index < -0.39 is 25.9 Å². The average Bonchev–Trinajstić information content (AvgIpc) is 3.11. The van der Waals surface area contributed by atoms with Gasteiger partial charge < -0.3 is 28.8 Å². The Morgan fingerprint density at radius 1 is 1.16 bits per heavy atom. The highest BCUT2D eigenvalue weighted by atomic mass is 35.5. The molecule has 1 aromatic carbocycles. The number of carbonyl (C=O) groups is 1. The summed E-state index contributed by atoms with van der Waals surface area (Å²) in [5.41, 5.74) is 0.732. The van der Waals surface area contributed by atoms with Crippen molar-refractivity contribution in [2.75, 3.05) is 20.4 Å². The van der Waals surface area contributed by atoms with Crippen molar-refractivity contribution in [1.29, 1.82) is 0 Å². The van der Waals surface area contributed by atoms with Crippen LogP contribution in [0.5, 0.6) is 11.5 Å². The summed E-state index contributed by atoms with van der Waals surface area (Å²) in [5, 5.41) is 9.85. The molecule has 1 aliphatic heterocycles. The zero-order valence-corrected chi connectivity index (χ0v) is 25.3. The lowest BCUT2D eigenvalue weighted by Gasteiger charge is -2.21. The van der Waals surface area contributed by atoms with E-state index >= 15 is 0 Å². The summed E-state index contributed by atoms with van der Waals surface area (Å²) in [6, 6.07) is 1.60. The van der Waals surface area contributed by atoms with Crippen LogP contribution in [0.15, 0.2) is 24.3 Å². The second-order valence-electron chi connectivity index (χ2n) is 11.2. The molecule has 1 heterocycles. The second-order valence-corrected chi connectivity index (χ2v) is 17.0. The lowest BCUT2D eigenvalue weighted by Crippen LogP contribution is -2.30. The Morgan fingerprint density at radius 3 is 2.38 bits per heavy atom. The van der Waals surface area contributed by atoms with Crippen molar-refractivity contribution >= 4 is 31.7 Å². The van der Waals surface area contributed by atoms with Gasteiger partial charge >= 0.3 is 5.97 Å². The lowest BCUT2D eigenvalue weighted by atomic mass is 9.96. The predicted molar refractivity (Wildman–Crippen MR) is 150 cm³/mol. The van der Waals surface area contributed by atoms with E-state index in [1.807, 2.05) is 26.0 Å². The zero-order valence-electron chi connectivity index (χ0n) is 23.6. The predicted octanol–water partition coefficient (Wildman–Crippen LogP) is 6.28. The highest BCUT2D eigenvalue weighted by Crippen LogP contribution is 2.39. The number of hydrogen-bond donors (Lipinski definition) is 1. The largest absolute Gasteiger partial charge is 0.496 e. The number of methoxy groups -OCH3 is 2. The summed E-state index contributed by atoms with van der Waals surface area (Å²) < 4.78 is 29.0. The van der Waals surface area contributed by atoms with Crippen LogP contribution in [-0.4, -0.2) is 63.7 Å². The van der Waals surface area contributed by atoms with Gasteiger partial charge in [-0.25, -0.2) is 4.79 Å². The average molecular weight is 555 g/mol. The SMILES string of the molecule is COc1cc(OC)c(C(=O)OC[Si](C)(C)C)c(/C=C/C[C@@H]2OC(C)(C)O[C@@H]2C(C)/C=C\C[C@@H](C)O)c1Cl. The molecule has 1 fully saturated rings. The first-order valence-corrected chi connectivity index (χ1v) is 16.8. The molecule has 37 heavy (non-hydrogen) atoms. The van der Waals surface area contributed by atoms with Gasteiger partial charge in [0, 0.05) is 17.5 Å². The van der Waals surface area contributed by atoms with Crippen LogP contribution in [0.1, 0.15) is 56.5 Å². The Morgan fingerprint density at radius 2 is 1.81 bits per heavy atom. The first kappa shape index (κ1) is 31.4. The van der Waals surface area contributed by atoms with Gasteiger partial charge in [-0.3, -0.25) is 0 Å². The molecule has 4 atom stereocenters. The van der Waals surface area contributed by atoms with Gasteiger partial charge in [0.2, 0.25) is 0 Å². The van der Waals surface area contributed by atoms with E-state index in [4.69, 9.17) is 35.3 Å². The molecule has 0 spiro atoms. The molecule has 0 saturated carbocycles. The second kappa shape index (κ2) is 13.3. The number of benzene rings is 1. The van der Waals surface area contributed by atoms with Crippen LogP contribution in [0.2, 0.25) is 24.7 Å². The number of aliphatic hydroxyl groups is 1. The first-order valence-electron chi connectivity index (χ1n) is 12.7. The molecule has 0 bridgehead atoms. The molecular formula is C28H43ClO7Si. The van der Waals surface area contributed by atoms with Crippen molar-refractivity contribution in [3.63, 3.8) is 0 Å². The van der Waals surface area contributed by atoms with Crippen molar-refractivity contribution in [1.82, 2.24) is 0 Å². The van der Waals surface area contributed by atoms with E-state index in [0.717, 1.165) is 0 Å². The lowest BCUT2D eigenvalue weighted by molar-refractivity contribution is -0.148. The Bertz CT molecular complexity index is 982. The monoisotopic (exact) mass is 554 g/mol. The van der Waals surface area contributed by atoms with Gasteiger partial charge in [-0.1, -0.05) is 62.5 Å².